The van der Waals surface area contributed by atoms with Gasteiger partial charge in [-0.1, -0.05) is 33.6 Å². The van der Waals surface area contributed by atoms with Gasteiger partial charge in [-0.3, -0.25) is 9.79 Å². The molecule has 0 aromatic heterocycles. The minimum atomic E-state index is -0.685. The van der Waals surface area contributed by atoms with Crippen LogP contribution in [0.1, 0.15) is 59.8 Å². The highest BCUT2D eigenvalue weighted by Crippen LogP contribution is 2.42. The zero-order chi connectivity index (χ0) is 18.1. The number of hydrogen-bond acceptors (Lipinski definition) is 5. The molecule has 0 bridgehead atoms. The maximum Gasteiger partial charge on any atom is 0.315 e. The molecule has 0 heterocycles. The van der Waals surface area contributed by atoms with E-state index in [1.165, 1.54) is 6.20 Å². The number of aliphatic hydroxyl groups excluding tert-OH is 1. The van der Waals surface area contributed by atoms with Crippen molar-refractivity contribution in [1.29, 1.82) is 0 Å². The van der Waals surface area contributed by atoms with E-state index in [2.05, 4.69) is 23.6 Å². The van der Waals surface area contributed by atoms with E-state index in [1.54, 1.807) is 20.0 Å². The monoisotopic (exact) mass is 326 g/mol. The van der Waals surface area contributed by atoms with Gasteiger partial charge in [0.05, 0.1) is 11.5 Å². The quantitative estimate of drug-likeness (QED) is 0.596. The van der Waals surface area contributed by atoms with Crippen LogP contribution in [0.5, 0.6) is 0 Å². The SMILES string of the molecule is C=N/C=C/COC(=O)C1(C(C)O)CCCC1.CC.CCC=NC. The van der Waals surface area contributed by atoms with Crippen molar-refractivity contribution in [2.75, 3.05) is 13.7 Å². The fourth-order valence-corrected chi connectivity index (χ4v) is 2.37. The van der Waals surface area contributed by atoms with E-state index in [-0.39, 0.29) is 12.6 Å². The van der Waals surface area contributed by atoms with Crippen molar-refractivity contribution in [3.63, 3.8) is 0 Å². The summed E-state index contributed by atoms with van der Waals surface area (Å²) in [5.41, 5.74) is -0.685. The van der Waals surface area contributed by atoms with Crippen molar-refractivity contribution in [3.05, 3.63) is 12.3 Å². The van der Waals surface area contributed by atoms with Crippen LogP contribution >= 0.6 is 0 Å². The largest absolute Gasteiger partial charge is 0.461 e. The highest BCUT2D eigenvalue weighted by atomic mass is 16.5. The summed E-state index contributed by atoms with van der Waals surface area (Å²) < 4.78 is 5.12. The molecule has 0 saturated heterocycles. The highest BCUT2D eigenvalue weighted by Gasteiger charge is 2.46. The van der Waals surface area contributed by atoms with E-state index in [0.29, 0.717) is 12.8 Å². The topological polar surface area (TPSA) is 71.2 Å². The number of nitrogens with zero attached hydrogens (tertiary/aromatic N) is 2. The third kappa shape index (κ3) is 9.29. The molecule has 1 rings (SSSR count). The van der Waals surface area contributed by atoms with Gasteiger partial charge in [0.2, 0.25) is 0 Å². The molecule has 0 aliphatic heterocycles. The fourth-order valence-electron chi connectivity index (χ4n) is 2.37. The fraction of sp³-hybridized carbons (Fsp3) is 0.722. The molecule has 1 fully saturated rings. The van der Waals surface area contributed by atoms with Crippen molar-refractivity contribution < 1.29 is 14.6 Å². The van der Waals surface area contributed by atoms with Crippen LogP contribution in [0.25, 0.3) is 0 Å². The Labute approximate surface area is 141 Å². The number of rotatable bonds is 6. The minimum Gasteiger partial charge on any atom is -0.461 e. The number of aliphatic hydroxyl groups is 1. The minimum absolute atomic E-state index is 0.187. The van der Waals surface area contributed by atoms with E-state index in [4.69, 9.17) is 4.74 Å². The van der Waals surface area contributed by atoms with Crippen LogP contribution in [0.15, 0.2) is 22.3 Å². The van der Waals surface area contributed by atoms with E-state index in [0.717, 1.165) is 19.3 Å². The number of esters is 1. The Balaban J connectivity index is 0. The predicted molar refractivity (Wildman–Crippen MR) is 98.3 cm³/mol. The summed E-state index contributed by atoms with van der Waals surface area (Å²) >= 11 is 0. The Morgan fingerprint density at radius 3 is 2.30 bits per heavy atom. The molecule has 1 unspecified atom stereocenters. The van der Waals surface area contributed by atoms with Crippen LogP contribution in [0.3, 0.4) is 0 Å². The summed E-state index contributed by atoms with van der Waals surface area (Å²) in [6, 6.07) is 0. The molecule has 5 nitrogen and oxygen atoms in total. The molecule has 134 valence electrons. The number of hydrogen-bond donors (Lipinski definition) is 1. The molecule has 0 aromatic carbocycles. The van der Waals surface area contributed by atoms with Crippen LogP contribution in [0.2, 0.25) is 0 Å². The zero-order valence-electron chi connectivity index (χ0n) is 15.4. The van der Waals surface area contributed by atoms with Crippen LogP contribution in [0.4, 0.5) is 0 Å². The van der Waals surface area contributed by atoms with Crippen molar-refractivity contribution in [2.24, 2.45) is 15.4 Å². The first-order valence-electron chi connectivity index (χ1n) is 8.42. The Morgan fingerprint density at radius 2 is 1.96 bits per heavy atom. The number of carbonyl (C=O) groups is 1. The predicted octanol–water partition coefficient (Wildman–Crippen LogP) is 3.81. The molecule has 23 heavy (non-hydrogen) atoms. The van der Waals surface area contributed by atoms with Crippen molar-refractivity contribution in [2.45, 2.75) is 65.9 Å². The zero-order valence-corrected chi connectivity index (χ0v) is 15.4. The second kappa shape index (κ2) is 15.4. The summed E-state index contributed by atoms with van der Waals surface area (Å²) in [4.78, 5) is 19.1. The molecule has 1 atom stereocenters. The Morgan fingerprint density at radius 1 is 1.39 bits per heavy atom. The second-order valence-corrected chi connectivity index (χ2v) is 5.05. The maximum atomic E-state index is 11.9. The van der Waals surface area contributed by atoms with Crippen LogP contribution < -0.4 is 0 Å². The molecule has 1 aliphatic carbocycles. The second-order valence-electron chi connectivity index (χ2n) is 5.05. The Kier molecular flexibility index (Phi) is 15.9. The van der Waals surface area contributed by atoms with Gasteiger partial charge in [0, 0.05) is 13.2 Å². The normalized spacial score (nSPS) is 17.0. The lowest BCUT2D eigenvalue weighted by molar-refractivity contribution is -0.161. The summed E-state index contributed by atoms with van der Waals surface area (Å²) in [6.45, 7) is 11.2. The lowest BCUT2D eigenvalue weighted by Gasteiger charge is -2.29. The van der Waals surface area contributed by atoms with E-state index < -0.39 is 11.5 Å². The molecule has 0 amide bonds. The van der Waals surface area contributed by atoms with Gasteiger partial charge in [-0.05, 0) is 45.2 Å². The number of aliphatic imine (C=N–C) groups is 2. The van der Waals surface area contributed by atoms with Gasteiger partial charge in [0.1, 0.15) is 6.61 Å². The van der Waals surface area contributed by atoms with Gasteiger partial charge >= 0.3 is 5.97 Å². The molecule has 1 aliphatic rings. The lowest BCUT2D eigenvalue weighted by atomic mass is 9.81. The molecule has 0 radical (unpaired) electrons. The first-order chi connectivity index (χ1) is 11.0. The molecule has 5 heteroatoms. The Hall–Kier alpha value is -1.49. The van der Waals surface area contributed by atoms with E-state index in [1.807, 2.05) is 20.1 Å². The van der Waals surface area contributed by atoms with E-state index in [9.17, 15) is 9.90 Å². The van der Waals surface area contributed by atoms with Crippen molar-refractivity contribution in [1.82, 2.24) is 0 Å². The van der Waals surface area contributed by atoms with Gasteiger partial charge < -0.3 is 14.8 Å². The van der Waals surface area contributed by atoms with Gasteiger partial charge in [-0.2, -0.15) is 0 Å². The van der Waals surface area contributed by atoms with Crippen molar-refractivity contribution in [3.8, 4) is 0 Å². The average molecular weight is 326 g/mol. The van der Waals surface area contributed by atoms with Gasteiger partial charge in [-0.15, -0.1) is 0 Å². The average Bonchev–Trinajstić information content (AvgIpc) is 3.06. The first kappa shape index (κ1) is 23.8. The summed E-state index contributed by atoms with van der Waals surface area (Å²) in [5, 5.41) is 9.73. The maximum absolute atomic E-state index is 11.9. The molecule has 1 N–H and O–H groups in total. The molecule has 0 spiro atoms. The number of ether oxygens (including phenoxy) is 1. The first-order valence-corrected chi connectivity index (χ1v) is 8.42. The van der Waals surface area contributed by atoms with Gasteiger partial charge in [0.25, 0.3) is 0 Å². The molecular weight excluding hydrogens is 292 g/mol. The summed E-state index contributed by atoms with van der Waals surface area (Å²) in [7, 11) is 1.78. The highest BCUT2D eigenvalue weighted by molar-refractivity contribution is 5.78. The van der Waals surface area contributed by atoms with E-state index >= 15 is 0 Å². The third-order valence-corrected chi connectivity index (χ3v) is 3.59. The van der Waals surface area contributed by atoms with Crippen LogP contribution in [-0.2, 0) is 9.53 Å². The molecule has 1 saturated carbocycles. The number of carbonyl (C=O) groups excluding carboxylic acids is 1. The third-order valence-electron chi connectivity index (χ3n) is 3.59. The molecule has 0 aromatic rings. The smallest absolute Gasteiger partial charge is 0.315 e. The van der Waals surface area contributed by atoms with Crippen LogP contribution in [0, 0.1) is 5.41 Å². The Bertz CT molecular complexity index is 357. The summed E-state index contributed by atoms with van der Waals surface area (Å²) in [6.07, 6.45) is 8.76. The van der Waals surface area contributed by atoms with Crippen LogP contribution in [-0.4, -0.2) is 43.8 Å². The standard InChI is InChI=1S/C12H19NO3.C4H9N.C2H6/c1-10(14)12(6-3-4-7-12)11(15)16-9-5-8-13-2;1-3-4-5-2;1-2/h5,8,10,14H,2-4,6-7,9H2,1H3;4H,3H2,1-2H3;1-2H3/b8-5+;;. The summed E-state index contributed by atoms with van der Waals surface area (Å²) in [5.74, 6) is -0.297. The van der Waals surface area contributed by atoms with Gasteiger partial charge in [0.15, 0.2) is 0 Å². The molecular formula is C18H34N2O3. The van der Waals surface area contributed by atoms with Crippen molar-refractivity contribution >= 4 is 18.9 Å². The van der Waals surface area contributed by atoms with Gasteiger partial charge in [-0.25, -0.2) is 0 Å². The lowest BCUT2D eigenvalue weighted by Crippen LogP contribution is -2.39.